The van der Waals surface area contributed by atoms with Crippen LogP contribution in [0.4, 0.5) is 5.69 Å². The minimum Gasteiger partial charge on any atom is -0.324 e. The highest BCUT2D eigenvalue weighted by Gasteiger charge is 2.25. The summed E-state index contributed by atoms with van der Waals surface area (Å²) in [5, 5.41) is 9.24. The van der Waals surface area contributed by atoms with Crippen LogP contribution in [0, 0.1) is 0 Å². The van der Waals surface area contributed by atoms with Crippen LogP contribution in [-0.4, -0.2) is 15.7 Å². The van der Waals surface area contributed by atoms with E-state index in [9.17, 15) is 9.59 Å². The molecular formula is C19H17N3O2. The van der Waals surface area contributed by atoms with Gasteiger partial charge in [-0.1, -0.05) is 36.4 Å². The maximum atomic E-state index is 12.4. The molecule has 1 aliphatic rings. The van der Waals surface area contributed by atoms with Crippen LogP contribution in [0.25, 0.3) is 10.8 Å². The first-order valence-corrected chi connectivity index (χ1v) is 8.06. The minimum atomic E-state index is -0.257. The first-order valence-electron chi connectivity index (χ1n) is 8.06. The molecule has 120 valence electrons. The van der Waals surface area contributed by atoms with Gasteiger partial charge in [0.05, 0.1) is 5.69 Å². The van der Waals surface area contributed by atoms with Crippen molar-refractivity contribution in [3.8, 4) is 0 Å². The van der Waals surface area contributed by atoms with Crippen molar-refractivity contribution in [2.45, 2.75) is 25.3 Å². The zero-order valence-corrected chi connectivity index (χ0v) is 13.1. The lowest BCUT2D eigenvalue weighted by molar-refractivity contribution is -0.117. The lowest BCUT2D eigenvalue weighted by Crippen LogP contribution is -2.29. The Balaban J connectivity index is 1.56. The molecule has 5 nitrogen and oxygen atoms in total. The van der Waals surface area contributed by atoms with Gasteiger partial charge in [-0.2, -0.15) is 5.10 Å². The van der Waals surface area contributed by atoms with E-state index in [1.165, 1.54) is 10.7 Å². The number of nitrogens with one attached hydrogen (secondary N) is 1. The Hall–Kier alpha value is -2.95. The molecule has 3 aromatic rings. The van der Waals surface area contributed by atoms with Crippen LogP contribution in [0.5, 0.6) is 0 Å². The molecule has 5 heteroatoms. The monoisotopic (exact) mass is 319 g/mol. The van der Waals surface area contributed by atoms with Crippen molar-refractivity contribution < 1.29 is 4.79 Å². The number of amides is 1. The molecule has 0 saturated heterocycles. The van der Waals surface area contributed by atoms with Crippen molar-refractivity contribution in [3.05, 3.63) is 70.6 Å². The fraction of sp³-hybridized carbons (Fsp3) is 0.211. The Morgan fingerprint density at radius 1 is 1.08 bits per heavy atom. The average Bonchev–Trinajstić information content (AvgIpc) is 3.42. The fourth-order valence-electron chi connectivity index (χ4n) is 2.83. The van der Waals surface area contributed by atoms with E-state index in [2.05, 4.69) is 10.4 Å². The Bertz CT molecular complexity index is 968. The Labute approximate surface area is 138 Å². The summed E-state index contributed by atoms with van der Waals surface area (Å²) in [5.41, 5.74) is 1.38. The smallest absolute Gasteiger partial charge is 0.267 e. The molecule has 1 fully saturated rings. The molecule has 1 saturated carbocycles. The summed E-state index contributed by atoms with van der Waals surface area (Å²) in [5.74, 6) is 0.187. The fourth-order valence-corrected chi connectivity index (χ4v) is 2.83. The Morgan fingerprint density at radius 2 is 1.88 bits per heavy atom. The minimum absolute atomic E-state index is 0.0807. The molecule has 0 radical (unpaired) electrons. The van der Waals surface area contributed by atoms with Gasteiger partial charge in [-0.25, -0.2) is 4.68 Å². The molecular weight excluding hydrogens is 302 g/mol. The highest BCUT2D eigenvalue weighted by atomic mass is 16.2. The van der Waals surface area contributed by atoms with Gasteiger partial charge in [0.2, 0.25) is 5.91 Å². The SMILES string of the molecule is O=C(Cn1nc(C2CC2)ccc1=O)Nc1cccc2ccccc12. The summed E-state index contributed by atoms with van der Waals surface area (Å²) >= 11 is 0. The number of nitrogens with zero attached hydrogens (tertiary/aromatic N) is 2. The number of hydrogen-bond donors (Lipinski definition) is 1. The molecule has 0 spiro atoms. The topological polar surface area (TPSA) is 64.0 Å². The number of benzene rings is 2. The third-order valence-corrected chi connectivity index (χ3v) is 4.24. The zero-order valence-electron chi connectivity index (χ0n) is 13.1. The predicted molar refractivity (Wildman–Crippen MR) is 93.0 cm³/mol. The lowest BCUT2D eigenvalue weighted by Gasteiger charge is -2.10. The van der Waals surface area contributed by atoms with Gasteiger partial charge >= 0.3 is 0 Å². The molecule has 1 heterocycles. The van der Waals surface area contributed by atoms with E-state index in [-0.39, 0.29) is 18.0 Å². The van der Waals surface area contributed by atoms with Gasteiger partial charge < -0.3 is 5.32 Å². The quantitative estimate of drug-likeness (QED) is 0.804. The number of rotatable bonds is 4. The third kappa shape index (κ3) is 2.93. The Kier molecular flexibility index (Phi) is 3.61. The number of fused-ring (bicyclic) bond motifs is 1. The van der Waals surface area contributed by atoms with Gasteiger partial charge in [0, 0.05) is 23.1 Å². The van der Waals surface area contributed by atoms with E-state index in [0.29, 0.717) is 5.92 Å². The van der Waals surface area contributed by atoms with Crippen molar-refractivity contribution in [2.24, 2.45) is 0 Å². The lowest BCUT2D eigenvalue weighted by atomic mass is 10.1. The van der Waals surface area contributed by atoms with Gasteiger partial charge in [-0.05, 0) is 30.4 Å². The maximum Gasteiger partial charge on any atom is 0.267 e. The molecule has 0 unspecified atom stereocenters. The molecule has 4 rings (SSSR count). The standard InChI is InChI=1S/C19H17N3O2/c23-18(12-22-19(24)11-10-16(21-22)14-8-9-14)20-17-7-3-5-13-4-1-2-6-15(13)17/h1-7,10-11,14H,8-9,12H2,(H,20,23). The summed E-state index contributed by atoms with van der Waals surface area (Å²) in [4.78, 5) is 24.3. The normalized spacial score (nSPS) is 13.8. The summed E-state index contributed by atoms with van der Waals surface area (Å²) < 4.78 is 1.24. The van der Waals surface area contributed by atoms with E-state index in [0.717, 1.165) is 35.0 Å². The molecule has 0 atom stereocenters. The van der Waals surface area contributed by atoms with Crippen molar-refractivity contribution >= 4 is 22.4 Å². The highest BCUT2D eigenvalue weighted by Crippen LogP contribution is 2.38. The van der Waals surface area contributed by atoms with Crippen LogP contribution in [0.15, 0.2) is 59.4 Å². The second-order valence-corrected chi connectivity index (χ2v) is 6.10. The van der Waals surface area contributed by atoms with Crippen LogP contribution >= 0.6 is 0 Å². The maximum absolute atomic E-state index is 12.4. The third-order valence-electron chi connectivity index (χ3n) is 4.24. The van der Waals surface area contributed by atoms with E-state index >= 15 is 0 Å². The molecule has 2 aromatic carbocycles. The van der Waals surface area contributed by atoms with Crippen LogP contribution in [0.3, 0.4) is 0 Å². The summed E-state index contributed by atoms with van der Waals surface area (Å²) in [6, 6.07) is 16.9. The molecule has 0 aliphatic heterocycles. The first kappa shape index (κ1) is 14.6. The molecule has 1 amide bonds. The van der Waals surface area contributed by atoms with Crippen LogP contribution in [0.1, 0.15) is 24.5 Å². The molecule has 1 aliphatic carbocycles. The van der Waals surface area contributed by atoms with Gasteiger partial charge in [0.15, 0.2) is 0 Å². The second kappa shape index (κ2) is 5.92. The highest BCUT2D eigenvalue weighted by molar-refractivity contribution is 6.01. The number of anilines is 1. The van der Waals surface area contributed by atoms with Crippen LogP contribution < -0.4 is 10.9 Å². The molecule has 0 bridgehead atoms. The van der Waals surface area contributed by atoms with E-state index in [1.807, 2.05) is 42.5 Å². The molecule has 1 N–H and O–H groups in total. The number of aromatic nitrogens is 2. The molecule has 1 aromatic heterocycles. The summed E-state index contributed by atoms with van der Waals surface area (Å²) in [6.45, 7) is -0.0807. The van der Waals surface area contributed by atoms with Gasteiger partial charge in [0.25, 0.3) is 5.56 Å². The number of carbonyl (C=O) groups is 1. The molecule has 24 heavy (non-hydrogen) atoms. The Morgan fingerprint density at radius 3 is 2.71 bits per heavy atom. The van der Waals surface area contributed by atoms with Crippen molar-refractivity contribution in [1.82, 2.24) is 9.78 Å². The van der Waals surface area contributed by atoms with E-state index in [1.54, 1.807) is 6.07 Å². The van der Waals surface area contributed by atoms with Gasteiger partial charge in [-0.3, -0.25) is 9.59 Å². The number of carbonyl (C=O) groups excluding carboxylic acids is 1. The van der Waals surface area contributed by atoms with Crippen molar-refractivity contribution in [2.75, 3.05) is 5.32 Å². The van der Waals surface area contributed by atoms with Gasteiger partial charge in [-0.15, -0.1) is 0 Å². The van der Waals surface area contributed by atoms with Gasteiger partial charge in [0.1, 0.15) is 6.54 Å². The first-order chi connectivity index (χ1) is 11.7. The summed E-state index contributed by atoms with van der Waals surface area (Å²) in [6.07, 6.45) is 2.21. The van der Waals surface area contributed by atoms with Crippen molar-refractivity contribution in [3.63, 3.8) is 0 Å². The predicted octanol–water partition coefficient (Wildman–Crippen LogP) is 2.91. The zero-order chi connectivity index (χ0) is 16.5. The average molecular weight is 319 g/mol. The van der Waals surface area contributed by atoms with E-state index < -0.39 is 0 Å². The van der Waals surface area contributed by atoms with Crippen molar-refractivity contribution in [1.29, 1.82) is 0 Å². The summed E-state index contributed by atoms with van der Waals surface area (Å²) in [7, 11) is 0. The second-order valence-electron chi connectivity index (χ2n) is 6.10. The number of hydrogen-bond acceptors (Lipinski definition) is 3. The van der Waals surface area contributed by atoms with Crippen LogP contribution in [0.2, 0.25) is 0 Å². The van der Waals surface area contributed by atoms with Crippen LogP contribution in [-0.2, 0) is 11.3 Å². The largest absolute Gasteiger partial charge is 0.324 e. The van der Waals surface area contributed by atoms with E-state index in [4.69, 9.17) is 0 Å².